The summed E-state index contributed by atoms with van der Waals surface area (Å²) in [7, 11) is 1.57. The van der Waals surface area contributed by atoms with Gasteiger partial charge in [0, 0.05) is 25.6 Å². The predicted molar refractivity (Wildman–Crippen MR) is 119 cm³/mol. The molecule has 0 bridgehead atoms. The van der Waals surface area contributed by atoms with Crippen LogP contribution in [0.1, 0.15) is 62.3 Å². The normalized spacial score (nSPS) is 18.8. The summed E-state index contributed by atoms with van der Waals surface area (Å²) in [4.78, 5) is 15.0. The maximum Gasteiger partial charge on any atom is 0.247 e. The van der Waals surface area contributed by atoms with Crippen molar-refractivity contribution >= 4 is 23.6 Å². The van der Waals surface area contributed by atoms with Crippen LogP contribution in [0, 0.1) is 0 Å². The minimum absolute atomic E-state index is 0.0186. The molecular weight excluding hydrogens is 416 g/mol. The fourth-order valence-corrected chi connectivity index (χ4v) is 4.71. The number of halogens is 1. The Hall–Kier alpha value is -2.54. The Morgan fingerprint density at radius 1 is 1.23 bits per heavy atom. The van der Waals surface area contributed by atoms with Gasteiger partial charge in [-0.15, -0.1) is 10.2 Å². The molecular formula is C23H29ClN4O3. The highest BCUT2D eigenvalue weighted by molar-refractivity contribution is 6.32. The number of benzene rings is 1. The van der Waals surface area contributed by atoms with E-state index in [-0.39, 0.29) is 11.9 Å². The molecule has 2 aliphatic rings. The second-order valence-electron chi connectivity index (χ2n) is 7.93. The van der Waals surface area contributed by atoms with Gasteiger partial charge >= 0.3 is 0 Å². The van der Waals surface area contributed by atoms with E-state index in [1.54, 1.807) is 25.3 Å². The molecule has 1 aromatic carbocycles. The largest absolute Gasteiger partial charge is 0.493 e. The number of carbonyl (C=O) groups excluding carboxylic acids is 1. The van der Waals surface area contributed by atoms with Crippen molar-refractivity contribution in [3.8, 4) is 11.5 Å². The summed E-state index contributed by atoms with van der Waals surface area (Å²) in [6.07, 6.45) is 9.73. The Morgan fingerprint density at radius 3 is 2.90 bits per heavy atom. The Balaban J connectivity index is 1.53. The molecule has 1 atom stereocenters. The molecule has 1 fully saturated rings. The first-order valence-corrected chi connectivity index (χ1v) is 11.4. The fraction of sp³-hybridized carbons (Fsp3) is 0.522. The standard InChI is InChI=1S/C23H29ClN4O3/c1-3-31-22-17(24)14-16(15-19(22)30-2)10-11-21(29)27-13-7-8-18(27)23-26-25-20-9-5-4-6-12-28(20)23/h10-11,14-15,18H,3-9,12-13H2,1-2H3/b11-10+. The Bertz CT molecular complexity index is 972. The van der Waals surface area contributed by atoms with Gasteiger partial charge in [0.15, 0.2) is 17.3 Å². The zero-order chi connectivity index (χ0) is 21.8. The number of fused-ring (bicyclic) bond motifs is 1. The van der Waals surface area contributed by atoms with Crippen LogP contribution in [0.5, 0.6) is 11.5 Å². The maximum atomic E-state index is 13.1. The van der Waals surface area contributed by atoms with Crippen LogP contribution in [0.15, 0.2) is 18.2 Å². The van der Waals surface area contributed by atoms with E-state index in [1.165, 1.54) is 6.42 Å². The van der Waals surface area contributed by atoms with Crippen molar-refractivity contribution in [1.29, 1.82) is 0 Å². The number of nitrogens with zero attached hydrogens (tertiary/aromatic N) is 4. The van der Waals surface area contributed by atoms with Crippen molar-refractivity contribution in [3.05, 3.63) is 40.4 Å². The van der Waals surface area contributed by atoms with Crippen LogP contribution in [0.2, 0.25) is 5.02 Å². The first kappa shape index (κ1) is 21.7. The predicted octanol–water partition coefficient (Wildman–Crippen LogP) is 4.44. The first-order valence-electron chi connectivity index (χ1n) is 11.0. The van der Waals surface area contributed by atoms with E-state index >= 15 is 0 Å². The lowest BCUT2D eigenvalue weighted by atomic mass is 10.1. The molecule has 3 heterocycles. The first-order chi connectivity index (χ1) is 15.1. The van der Waals surface area contributed by atoms with Gasteiger partial charge in [-0.3, -0.25) is 4.79 Å². The van der Waals surface area contributed by atoms with Crippen LogP contribution >= 0.6 is 11.6 Å². The minimum atomic E-state index is -0.0301. The number of carbonyl (C=O) groups is 1. The highest BCUT2D eigenvalue weighted by atomic mass is 35.5. The summed E-state index contributed by atoms with van der Waals surface area (Å²) < 4.78 is 13.2. The number of likely N-dealkylation sites (tertiary alicyclic amines) is 1. The minimum Gasteiger partial charge on any atom is -0.493 e. The number of aryl methyl sites for hydroxylation is 1. The highest BCUT2D eigenvalue weighted by Gasteiger charge is 2.33. The smallest absolute Gasteiger partial charge is 0.247 e. The molecule has 0 saturated carbocycles. The molecule has 4 rings (SSSR count). The lowest BCUT2D eigenvalue weighted by molar-refractivity contribution is -0.127. The molecule has 0 aliphatic carbocycles. The van der Waals surface area contributed by atoms with E-state index in [0.29, 0.717) is 23.1 Å². The van der Waals surface area contributed by atoms with E-state index < -0.39 is 0 Å². The molecule has 1 unspecified atom stereocenters. The van der Waals surface area contributed by atoms with E-state index in [1.807, 2.05) is 17.9 Å². The topological polar surface area (TPSA) is 69.5 Å². The van der Waals surface area contributed by atoms with Crippen molar-refractivity contribution in [2.45, 2.75) is 58.0 Å². The molecule has 2 aliphatic heterocycles. The zero-order valence-corrected chi connectivity index (χ0v) is 18.9. The molecule has 0 radical (unpaired) electrons. The number of hydrogen-bond donors (Lipinski definition) is 0. The molecule has 7 nitrogen and oxygen atoms in total. The molecule has 2 aromatic rings. The SMILES string of the molecule is CCOc1c(Cl)cc(/C=C/C(=O)N2CCCC2c2nnc3n2CCCCC3)cc1OC. The van der Waals surface area contributed by atoms with Gasteiger partial charge < -0.3 is 18.9 Å². The van der Waals surface area contributed by atoms with Gasteiger partial charge in [0.1, 0.15) is 5.82 Å². The van der Waals surface area contributed by atoms with Crippen LogP contribution in [0.4, 0.5) is 0 Å². The van der Waals surface area contributed by atoms with Crippen molar-refractivity contribution in [2.24, 2.45) is 0 Å². The number of aromatic nitrogens is 3. The summed E-state index contributed by atoms with van der Waals surface area (Å²) in [5.41, 5.74) is 0.783. The summed E-state index contributed by atoms with van der Waals surface area (Å²) in [5, 5.41) is 9.36. The van der Waals surface area contributed by atoms with Crippen molar-refractivity contribution < 1.29 is 14.3 Å². The Kier molecular flexibility index (Phi) is 6.80. The molecule has 1 amide bonds. The molecule has 31 heavy (non-hydrogen) atoms. The van der Waals surface area contributed by atoms with Gasteiger partial charge in [-0.25, -0.2) is 0 Å². The van der Waals surface area contributed by atoms with E-state index in [4.69, 9.17) is 21.1 Å². The molecule has 8 heteroatoms. The van der Waals surface area contributed by atoms with E-state index in [0.717, 1.165) is 62.4 Å². The molecule has 166 valence electrons. The molecule has 1 aromatic heterocycles. The van der Waals surface area contributed by atoms with Crippen molar-refractivity contribution in [3.63, 3.8) is 0 Å². The lowest BCUT2D eigenvalue weighted by Gasteiger charge is -2.23. The van der Waals surface area contributed by atoms with Crippen LogP contribution in [-0.2, 0) is 17.8 Å². The lowest BCUT2D eigenvalue weighted by Crippen LogP contribution is -2.30. The zero-order valence-electron chi connectivity index (χ0n) is 18.1. The third-order valence-corrected chi connectivity index (χ3v) is 6.21. The molecule has 0 spiro atoms. The van der Waals surface area contributed by atoms with Crippen molar-refractivity contribution in [2.75, 3.05) is 20.3 Å². The van der Waals surface area contributed by atoms with Gasteiger partial charge in [0.25, 0.3) is 0 Å². The third kappa shape index (κ3) is 4.56. The summed E-state index contributed by atoms with van der Waals surface area (Å²) >= 11 is 6.35. The van der Waals surface area contributed by atoms with Gasteiger partial charge in [0.05, 0.1) is 24.8 Å². The molecule has 1 saturated heterocycles. The number of rotatable bonds is 6. The quantitative estimate of drug-likeness (QED) is 0.616. The second-order valence-corrected chi connectivity index (χ2v) is 8.33. The number of hydrogen-bond acceptors (Lipinski definition) is 5. The third-order valence-electron chi connectivity index (χ3n) is 5.93. The summed E-state index contributed by atoms with van der Waals surface area (Å²) in [6, 6.07) is 3.58. The van der Waals surface area contributed by atoms with Gasteiger partial charge in [-0.2, -0.15) is 0 Å². The van der Waals surface area contributed by atoms with Gasteiger partial charge in [-0.1, -0.05) is 18.0 Å². The monoisotopic (exact) mass is 444 g/mol. The van der Waals surface area contributed by atoms with Crippen LogP contribution in [-0.4, -0.2) is 45.8 Å². The number of methoxy groups -OCH3 is 1. The van der Waals surface area contributed by atoms with Crippen molar-refractivity contribution in [1.82, 2.24) is 19.7 Å². The van der Waals surface area contributed by atoms with Crippen LogP contribution in [0.25, 0.3) is 6.08 Å². The second kappa shape index (κ2) is 9.73. The van der Waals surface area contributed by atoms with Crippen LogP contribution < -0.4 is 9.47 Å². The highest BCUT2D eigenvalue weighted by Crippen LogP contribution is 2.37. The fourth-order valence-electron chi connectivity index (χ4n) is 4.44. The summed E-state index contributed by atoms with van der Waals surface area (Å²) in [5.74, 6) is 3.02. The summed E-state index contributed by atoms with van der Waals surface area (Å²) in [6.45, 7) is 4.05. The Morgan fingerprint density at radius 2 is 2.10 bits per heavy atom. The van der Waals surface area contributed by atoms with Gasteiger partial charge in [0.2, 0.25) is 5.91 Å². The van der Waals surface area contributed by atoms with E-state index in [9.17, 15) is 4.79 Å². The number of amides is 1. The van der Waals surface area contributed by atoms with Gasteiger partial charge in [-0.05, 0) is 56.4 Å². The molecule has 0 N–H and O–H groups in total. The average Bonchev–Trinajstić information content (AvgIpc) is 3.34. The Labute approximate surface area is 188 Å². The van der Waals surface area contributed by atoms with Crippen LogP contribution in [0.3, 0.4) is 0 Å². The average molecular weight is 445 g/mol. The number of ether oxygens (including phenoxy) is 2. The van der Waals surface area contributed by atoms with E-state index in [2.05, 4.69) is 14.8 Å². The maximum absolute atomic E-state index is 13.1.